The molecule has 0 unspecified atom stereocenters. The summed E-state index contributed by atoms with van der Waals surface area (Å²) in [5.41, 5.74) is 0. The van der Waals surface area contributed by atoms with Crippen LogP contribution < -0.4 is 10.6 Å². The highest BCUT2D eigenvalue weighted by Crippen LogP contribution is 1.59. The molecule has 11 heteroatoms. The number of nitrogens with one attached hydrogen (secondary N) is 1. The molecular weight excluding hydrogens is 284 g/mol. The van der Waals surface area contributed by atoms with Crippen molar-refractivity contribution in [1.29, 1.82) is 0 Å². The predicted molar refractivity (Wildman–Crippen MR) is 68.4 cm³/mol. The molecule has 0 rings (SSSR count). The van der Waals surface area contributed by atoms with Crippen LogP contribution in [0.4, 0.5) is 0 Å². The lowest BCUT2D eigenvalue weighted by molar-refractivity contribution is -0.657. The highest BCUT2D eigenvalue weighted by molar-refractivity contribution is 7.79. The summed E-state index contributed by atoms with van der Waals surface area (Å²) in [5, 5.41) is 35.9. The van der Waals surface area contributed by atoms with Crippen LogP contribution in [-0.4, -0.2) is 90.6 Å². The number of hydrogen-bond donors (Lipinski definition) is 7. The Balaban J connectivity index is -0.000000206. The molecule has 120 valence electrons. The third kappa shape index (κ3) is 74.0. The quantitative estimate of drug-likeness (QED) is 0.132. The fraction of sp³-hybridized carbons (Fsp3) is 1.00. The minimum absolute atomic E-state index is 0.139. The second-order valence-corrected chi connectivity index (χ2v) is 3.88. The summed E-state index contributed by atoms with van der Waals surface area (Å²) in [6.45, 7) is 3.63. The Hall–Kier alpha value is -0.370. The Kier molecular flexibility index (Phi) is 24.9. The summed E-state index contributed by atoms with van der Waals surface area (Å²) in [5.74, 6) is 0. The van der Waals surface area contributed by atoms with E-state index in [0.717, 1.165) is 13.1 Å². The van der Waals surface area contributed by atoms with Crippen molar-refractivity contribution >= 4 is 10.4 Å². The van der Waals surface area contributed by atoms with Gasteiger partial charge in [0, 0.05) is 13.1 Å². The Morgan fingerprint density at radius 3 is 1.63 bits per heavy atom. The van der Waals surface area contributed by atoms with Gasteiger partial charge in [-0.1, -0.05) is 0 Å². The molecule has 0 saturated heterocycles. The second-order valence-electron chi connectivity index (χ2n) is 2.98. The smallest absolute Gasteiger partial charge is 0.394 e. The Morgan fingerprint density at radius 2 is 1.37 bits per heavy atom. The molecule has 0 aromatic heterocycles. The first-order valence-corrected chi connectivity index (χ1v) is 6.92. The third-order valence-corrected chi connectivity index (χ3v) is 1.26. The van der Waals surface area contributed by atoms with Crippen LogP contribution in [0.25, 0.3) is 0 Å². The number of quaternary nitrogens is 1. The van der Waals surface area contributed by atoms with Gasteiger partial charge in [-0.05, 0) is 0 Å². The molecule has 0 amide bonds. The molecule has 0 radical (unpaired) electrons. The lowest BCUT2D eigenvalue weighted by atomic mass is 10.6. The lowest BCUT2D eigenvalue weighted by Crippen LogP contribution is -2.85. The van der Waals surface area contributed by atoms with Crippen LogP contribution in [0.5, 0.6) is 0 Å². The van der Waals surface area contributed by atoms with Crippen molar-refractivity contribution in [3.63, 3.8) is 0 Å². The van der Waals surface area contributed by atoms with Gasteiger partial charge in [-0.15, -0.1) is 0 Å². The highest BCUT2D eigenvalue weighted by atomic mass is 32.3. The van der Waals surface area contributed by atoms with Crippen molar-refractivity contribution < 1.29 is 43.3 Å². The first-order valence-electron chi connectivity index (χ1n) is 5.52. The fourth-order valence-electron chi connectivity index (χ4n) is 0.621. The molecule has 10 nitrogen and oxygen atoms in total. The summed E-state index contributed by atoms with van der Waals surface area (Å²) in [6, 6.07) is 0. The topological polar surface area (TPSA) is 187 Å². The summed E-state index contributed by atoms with van der Waals surface area (Å²) in [6.07, 6.45) is 0. The molecule has 10 N–H and O–H groups in total. The molecule has 0 aliphatic rings. The Morgan fingerprint density at radius 1 is 0.947 bits per heavy atom. The molecule has 0 aliphatic heterocycles. The van der Waals surface area contributed by atoms with Crippen molar-refractivity contribution in [1.82, 2.24) is 5.32 Å². The molecule has 0 saturated carbocycles. The van der Waals surface area contributed by atoms with E-state index in [1.54, 1.807) is 0 Å². The molecule has 0 atom stereocenters. The summed E-state index contributed by atoms with van der Waals surface area (Å²) in [7, 11) is -4.67. The van der Waals surface area contributed by atoms with Gasteiger partial charge in [0.1, 0.15) is 6.54 Å². The number of nitrogens with two attached hydrogens (primary N) is 1. The molecule has 0 bridgehead atoms. The van der Waals surface area contributed by atoms with E-state index in [2.05, 4.69) is 5.32 Å². The van der Waals surface area contributed by atoms with Gasteiger partial charge < -0.3 is 31.1 Å². The SMILES string of the molecule is O=S(=O)(O)O.OCCNCCO.OCC[NH2+]CC[OH2+]. The number of aliphatic hydroxyl groups excluding tert-OH is 3. The molecule has 0 aromatic rings. The van der Waals surface area contributed by atoms with Gasteiger partial charge in [0.25, 0.3) is 0 Å². The minimum atomic E-state index is -4.67. The minimum Gasteiger partial charge on any atom is -0.441 e. The maximum Gasteiger partial charge on any atom is 0.394 e. The molecule has 0 spiro atoms. The number of rotatable bonds is 8. The van der Waals surface area contributed by atoms with Gasteiger partial charge in [0.15, 0.2) is 6.61 Å². The van der Waals surface area contributed by atoms with Crippen LogP contribution in [0.1, 0.15) is 0 Å². The predicted octanol–water partition coefficient (Wildman–Crippen LogP) is -4.83. The third-order valence-electron chi connectivity index (χ3n) is 1.26. The van der Waals surface area contributed by atoms with Crippen molar-refractivity contribution in [2.45, 2.75) is 0 Å². The second kappa shape index (κ2) is 20.0. The zero-order valence-corrected chi connectivity index (χ0v) is 11.5. The first kappa shape index (κ1) is 23.7. The van der Waals surface area contributed by atoms with Crippen molar-refractivity contribution in [3.8, 4) is 0 Å². The zero-order valence-electron chi connectivity index (χ0n) is 10.7. The lowest BCUT2D eigenvalue weighted by Gasteiger charge is -1.94. The van der Waals surface area contributed by atoms with Gasteiger partial charge in [-0.3, -0.25) is 9.11 Å². The Labute approximate surface area is 112 Å². The average Bonchev–Trinajstić information content (AvgIpc) is 2.29. The Bertz CT molecular complexity index is 211. The highest BCUT2D eigenvalue weighted by Gasteiger charge is 1.85. The number of aliphatic hydroxyl groups is 3. The molecule has 0 fully saturated rings. The zero-order chi connectivity index (χ0) is 15.6. The van der Waals surface area contributed by atoms with E-state index in [4.69, 9.17) is 37.9 Å². The monoisotopic (exact) mass is 310 g/mol. The van der Waals surface area contributed by atoms with Crippen LogP contribution in [0.15, 0.2) is 0 Å². The average molecular weight is 310 g/mol. The van der Waals surface area contributed by atoms with E-state index in [1.165, 1.54) is 0 Å². The molecule has 0 heterocycles. The van der Waals surface area contributed by atoms with Crippen LogP contribution in [-0.2, 0) is 10.4 Å². The molecule has 0 aromatic carbocycles. The van der Waals surface area contributed by atoms with E-state index in [0.29, 0.717) is 19.7 Å². The van der Waals surface area contributed by atoms with Crippen LogP contribution in [0.3, 0.4) is 0 Å². The van der Waals surface area contributed by atoms with E-state index >= 15 is 0 Å². The summed E-state index contributed by atoms with van der Waals surface area (Å²) >= 11 is 0. The van der Waals surface area contributed by atoms with Gasteiger partial charge in [-0.2, -0.15) is 8.42 Å². The van der Waals surface area contributed by atoms with Crippen molar-refractivity contribution in [2.24, 2.45) is 0 Å². The van der Waals surface area contributed by atoms with Crippen LogP contribution in [0.2, 0.25) is 0 Å². The van der Waals surface area contributed by atoms with Gasteiger partial charge in [0.05, 0.1) is 26.4 Å². The van der Waals surface area contributed by atoms with Crippen molar-refractivity contribution in [2.75, 3.05) is 52.6 Å². The van der Waals surface area contributed by atoms with E-state index in [9.17, 15) is 0 Å². The number of hydrogen-bond acceptors (Lipinski definition) is 6. The van der Waals surface area contributed by atoms with Crippen LogP contribution >= 0.6 is 0 Å². The first-order chi connectivity index (χ1) is 8.83. The maximum atomic E-state index is 8.74. The fourth-order valence-corrected chi connectivity index (χ4v) is 0.621. The van der Waals surface area contributed by atoms with Crippen molar-refractivity contribution in [3.05, 3.63) is 0 Å². The molecule has 19 heavy (non-hydrogen) atoms. The van der Waals surface area contributed by atoms with Gasteiger partial charge in [-0.25, -0.2) is 0 Å². The largest absolute Gasteiger partial charge is 0.441 e. The van der Waals surface area contributed by atoms with Gasteiger partial charge in [0.2, 0.25) is 0 Å². The summed E-state index contributed by atoms with van der Waals surface area (Å²) < 4.78 is 31.6. The molecule has 0 aliphatic carbocycles. The molecular formula is C8H26N2O8S+2. The summed E-state index contributed by atoms with van der Waals surface area (Å²) in [4.78, 5) is 0. The maximum absolute atomic E-state index is 8.74. The normalized spacial score (nSPS) is 10.0. The van der Waals surface area contributed by atoms with E-state index < -0.39 is 10.4 Å². The van der Waals surface area contributed by atoms with E-state index in [1.807, 2.05) is 5.32 Å². The van der Waals surface area contributed by atoms with E-state index in [-0.39, 0.29) is 19.8 Å². The van der Waals surface area contributed by atoms with Gasteiger partial charge >= 0.3 is 10.4 Å². The van der Waals surface area contributed by atoms with Crippen LogP contribution in [0, 0.1) is 0 Å². The standard InChI is InChI=1S/2C4H11NO2.H2O4S/c2*6-3-1-5-2-4-7;1-5(2,3)4/h2*5-7H,1-4H2;(H2,1,2,3,4)/p+2.